The van der Waals surface area contributed by atoms with Gasteiger partial charge in [0.05, 0.1) is 0 Å². The van der Waals surface area contributed by atoms with Gasteiger partial charge in [-0.15, -0.1) is 0 Å². The predicted octanol–water partition coefficient (Wildman–Crippen LogP) is 2.51. The van der Waals surface area contributed by atoms with E-state index in [0.717, 1.165) is 18.3 Å². The first-order valence-electron chi connectivity index (χ1n) is 6.13. The summed E-state index contributed by atoms with van der Waals surface area (Å²) in [5.41, 5.74) is 0. The molecule has 1 aromatic rings. The van der Waals surface area contributed by atoms with Crippen LogP contribution in [0, 0.1) is 5.92 Å². The Morgan fingerprint density at radius 2 is 2.31 bits per heavy atom. The number of anilines is 2. The van der Waals surface area contributed by atoms with Crippen molar-refractivity contribution in [3.05, 3.63) is 12.3 Å². The minimum atomic E-state index is 0.512. The molecule has 4 heteroatoms. The van der Waals surface area contributed by atoms with Gasteiger partial charge in [-0.3, -0.25) is 0 Å². The van der Waals surface area contributed by atoms with Gasteiger partial charge >= 0.3 is 0 Å². The Morgan fingerprint density at radius 3 is 2.94 bits per heavy atom. The van der Waals surface area contributed by atoms with Gasteiger partial charge in [-0.2, -0.15) is 4.98 Å². The lowest BCUT2D eigenvalue weighted by molar-refractivity contribution is 0.285. The lowest BCUT2D eigenvalue weighted by Gasteiger charge is -2.32. The van der Waals surface area contributed by atoms with Crippen molar-refractivity contribution in [2.24, 2.45) is 5.92 Å². The third-order valence-corrected chi connectivity index (χ3v) is 3.22. The van der Waals surface area contributed by atoms with E-state index in [0.29, 0.717) is 12.0 Å². The predicted molar refractivity (Wildman–Crippen MR) is 66.6 cm³/mol. The van der Waals surface area contributed by atoms with Crippen molar-refractivity contribution in [2.75, 3.05) is 17.2 Å². The van der Waals surface area contributed by atoms with Crippen LogP contribution in [-0.4, -0.2) is 22.6 Å². The van der Waals surface area contributed by atoms with Crippen LogP contribution in [0.2, 0.25) is 0 Å². The first-order chi connectivity index (χ1) is 7.79. The second kappa shape index (κ2) is 5.14. The third-order valence-electron chi connectivity index (χ3n) is 3.22. The van der Waals surface area contributed by atoms with Crippen LogP contribution in [0.25, 0.3) is 0 Å². The van der Waals surface area contributed by atoms with E-state index in [9.17, 15) is 0 Å². The third kappa shape index (κ3) is 2.62. The highest BCUT2D eigenvalue weighted by molar-refractivity contribution is 5.40. The molecule has 1 saturated carbocycles. The average Bonchev–Trinajstić information content (AvgIpc) is 2.15. The topological polar surface area (TPSA) is 49.8 Å². The summed E-state index contributed by atoms with van der Waals surface area (Å²) >= 11 is 0. The summed E-state index contributed by atoms with van der Waals surface area (Å²) in [5, 5.41) is 6.57. The van der Waals surface area contributed by atoms with Gasteiger partial charge < -0.3 is 10.6 Å². The van der Waals surface area contributed by atoms with Crippen molar-refractivity contribution >= 4 is 11.8 Å². The average molecular weight is 220 g/mol. The molecule has 0 amide bonds. The minimum Gasteiger partial charge on any atom is -0.367 e. The van der Waals surface area contributed by atoms with Crippen LogP contribution >= 0.6 is 0 Å². The van der Waals surface area contributed by atoms with Crippen LogP contribution in [0.15, 0.2) is 12.3 Å². The number of rotatable bonds is 5. The fourth-order valence-electron chi connectivity index (χ4n) is 1.97. The van der Waals surface area contributed by atoms with Gasteiger partial charge in [0.15, 0.2) is 0 Å². The van der Waals surface area contributed by atoms with Crippen LogP contribution in [0.3, 0.4) is 0 Å². The maximum absolute atomic E-state index is 4.41. The highest BCUT2D eigenvalue weighted by atomic mass is 15.1. The van der Waals surface area contributed by atoms with Gasteiger partial charge in [-0.25, -0.2) is 4.98 Å². The molecular formula is C12H20N4. The highest BCUT2D eigenvalue weighted by Crippen LogP contribution is 2.30. The molecule has 0 aromatic carbocycles. The summed E-state index contributed by atoms with van der Waals surface area (Å²) in [4.78, 5) is 8.56. The molecule has 2 rings (SSSR count). The van der Waals surface area contributed by atoms with Crippen LogP contribution in [-0.2, 0) is 0 Å². The molecule has 1 aliphatic carbocycles. The zero-order valence-corrected chi connectivity index (χ0v) is 10.0. The van der Waals surface area contributed by atoms with Crippen molar-refractivity contribution in [1.82, 2.24) is 9.97 Å². The molecule has 0 spiro atoms. The van der Waals surface area contributed by atoms with Crippen molar-refractivity contribution in [3.63, 3.8) is 0 Å². The SMILES string of the molecule is CCNc1nccc(NC(C)C2CCC2)n1. The number of hydrogen-bond acceptors (Lipinski definition) is 4. The van der Waals surface area contributed by atoms with Gasteiger partial charge in [0.25, 0.3) is 0 Å². The number of nitrogens with zero attached hydrogens (tertiary/aromatic N) is 2. The Morgan fingerprint density at radius 1 is 1.50 bits per heavy atom. The van der Waals surface area contributed by atoms with E-state index in [2.05, 4.69) is 27.5 Å². The monoisotopic (exact) mass is 220 g/mol. The number of hydrogen-bond donors (Lipinski definition) is 2. The normalized spacial score (nSPS) is 17.6. The quantitative estimate of drug-likeness (QED) is 0.800. The van der Waals surface area contributed by atoms with Crippen LogP contribution in [0.4, 0.5) is 11.8 Å². The molecule has 2 N–H and O–H groups in total. The van der Waals surface area contributed by atoms with Crippen LogP contribution in [0.1, 0.15) is 33.1 Å². The van der Waals surface area contributed by atoms with Gasteiger partial charge in [-0.05, 0) is 38.7 Å². The first-order valence-corrected chi connectivity index (χ1v) is 6.13. The van der Waals surface area contributed by atoms with E-state index >= 15 is 0 Å². The molecule has 1 atom stereocenters. The summed E-state index contributed by atoms with van der Waals surface area (Å²) in [6.07, 6.45) is 5.86. The highest BCUT2D eigenvalue weighted by Gasteiger charge is 2.23. The van der Waals surface area contributed by atoms with Crippen LogP contribution < -0.4 is 10.6 Å². The van der Waals surface area contributed by atoms with E-state index in [1.165, 1.54) is 19.3 Å². The Hall–Kier alpha value is -1.32. The summed E-state index contributed by atoms with van der Waals surface area (Å²) in [6.45, 7) is 5.13. The molecule has 0 bridgehead atoms. The van der Waals surface area contributed by atoms with Crippen molar-refractivity contribution in [2.45, 2.75) is 39.2 Å². The maximum atomic E-state index is 4.41. The molecule has 1 heterocycles. The largest absolute Gasteiger partial charge is 0.367 e. The minimum absolute atomic E-state index is 0.512. The molecule has 1 fully saturated rings. The molecule has 0 radical (unpaired) electrons. The van der Waals surface area contributed by atoms with Gasteiger partial charge in [0, 0.05) is 18.8 Å². The summed E-state index contributed by atoms with van der Waals surface area (Å²) < 4.78 is 0. The van der Waals surface area contributed by atoms with E-state index < -0.39 is 0 Å². The molecule has 16 heavy (non-hydrogen) atoms. The van der Waals surface area contributed by atoms with Crippen molar-refractivity contribution in [1.29, 1.82) is 0 Å². The summed E-state index contributed by atoms with van der Waals surface area (Å²) in [6, 6.07) is 2.44. The zero-order valence-electron chi connectivity index (χ0n) is 10.0. The summed E-state index contributed by atoms with van der Waals surface area (Å²) in [5.74, 6) is 2.44. The molecule has 0 saturated heterocycles. The number of nitrogens with one attached hydrogen (secondary N) is 2. The Kier molecular flexibility index (Phi) is 3.59. The second-order valence-corrected chi connectivity index (χ2v) is 4.42. The Labute approximate surface area is 96.9 Å². The second-order valence-electron chi connectivity index (χ2n) is 4.42. The first kappa shape index (κ1) is 11.2. The van der Waals surface area contributed by atoms with Crippen molar-refractivity contribution in [3.8, 4) is 0 Å². The van der Waals surface area contributed by atoms with Gasteiger partial charge in [-0.1, -0.05) is 6.42 Å². The summed E-state index contributed by atoms with van der Waals surface area (Å²) in [7, 11) is 0. The molecule has 0 aliphatic heterocycles. The maximum Gasteiger partial charge on any atom is 0.224 e. The molecule has 1 aliphatic rings. The molecule has 1 unspecified atom stereocenters. The molecular weight excluding hydrogens is 200 g/mol. The molecule has 88 valence electrons. The Bertz CT molecular complexity index is 336. The van der Waals surface area contributed by atoms with Gasteiger partial charge in [0.1, 0.15) is 5.82 Å². The standard InChI is InChI=1S/C12H20N4/c1-3-13-12-14-8-7-11(16-12)15-9(2)10-5-4-6-10/h7-10H,3-6H2,1-2H3,(H2,13,14,15,16). The van der Waals surface area contributed by atoms with E-state index in [4.69, 9.17) is 0 Å². The number of aromatic nitrogens is 2. The lowest BCUT2D eigenvalue weighted by Crippen LogP contribution is -2.31. The lowest BCUT2D eigenvalue weighted by atomic mass is 9.80. The molecule has 1 aromatic heterocycles. The van der Waals surface area contributed by atoms with E-state index in [-0.39, 0.29) is 0 Å². The van der Waals surface area contributed by atoms with Gasteiger partial charge in [0.2, 0.25) is 5.95 Å². The van der Waals surface area contributed by atoms with Crippen LogP contribution in [0.5, 0.6) is 0 Å². The van der Waals surface area contributed by atoms with E-state index in [1.54, 1.807) is 6.20 Å². The zero-order chi connectivity index (χ0) is 11.4. The molecule has 4 nitrogen and oxygen atoms in total. The van der Waals surface area contributed by atoms with Crippen molar-refractivity contribution < 1.29 is 0 Å². The fraction of sp³-hybridized carbons (Fsp3) is 0.667. The smallest absolute Gasteiger partial charge is 0.224 e. The van der Waals surface area contributed by atoms with E-state index in [1.807, 2.05) is 13.0 Å². The Balaban J connectivity index is 1.94. The fourth-order valence-corrected chi connectivity index (χ4v) is 1.97.